The Morgan fingerprint density at radius 1 is 1.03 bits per heavy atom. The number of benzene rings is 2. The highest BCUT2D eigenvalue weighted by molar-refractivity contribution is 7.92. The molecular weight excluding hydrogens is 436 g/mol. The fourth-order valence-electron chi connectivity index (χ4n) is 4.19. The van der Waals surface area contributed by atoms with Gasteiger partial charge < -0.3 is 10.1 Å². The lowest BCUT2D eigenvalue weighted by molar-refractivity contribution is -0.122. The lowest BCUT2D eigenvalue weighted by Gasteiger charge is -2.32. The number of carbonyl (C=O) groups is 1. The molecule has 0 aliphatic carbocycles. The number of sulfonamides is 1. The minimum absolute atomic E-state index is 0.260. The minimum atomic E-state index is -3.69. The van der Waals surface area contributed by atoms with Crippen molar-refractivity contribution >= 4 is 21.6 Å². The van der Waals surface area contributed by atoms with E-state index in [0.717, 1.165) is 39.8 Å². The molecule has 0 heterocycles. The molecule has 0 saturated carbocycles. The van der Waals surface area contributed by atoms with Gasteiger partial charge in [0.25, 0.3) is 0 Å². The van der Waals surface area contributed by atoms with E-state index in [-0.39, 0.29) is 17.9 Å². The van der Waals surface area contributed by atoms with E-state index in [2.05, 4.69) is 25.2 Å². The first-order valence-corrected chi connectivity index (χ1v) is 13.2. The fourth-order valence-corrected chi connectivity index (χ4v) is 5.45. The van der Waals surface area contributed by atoms with Crippen LogP contribution in [0.5, 0.6) is 5.75 Å². The normalized spacial score (nSPS) is 13.5. The van der Waals surface area contributed by atoms with Crippen LogP contribution in [0.4, 0.5) is 5.69 Å². The van der Waals surface area contributed by atoms with Gasteiger partial charge in [-0.05, 0) is 86.1 Å². The SMILES string of the molecule is CC[C@H](C(=O)N[C@@H](C)c1cc(C(C)C)c(OC)cc1C)N(c1cc(C)ccc1C)S(C)(=O)=O. The van der Waals surface area contributed by atoms with Gasteiger partial charge >= 0.3 is 0 Å². The number of methoxy groups -OCH3 is 1. The van der Waals surface area contributed by atoms with Crippen LogP contribution in [-0.4, -0.2) is 33.7 Å². The van der Waals surface area contributed by atoms with E-state index in [1.54, 1.807) is 7.11 Å². The molecule has 7 heteroatoms. The van der Waals surface area contributed by atoms with Crippen LogP contribution in [0.25, 0.3) is 0 Å². The summed E-state index contributed by atoms with van der Waals surface area (Å²) in [6.07, 6.45) is 1.49. The minimum Gasteiger partial charge on any atom is -0.496 e. The molecule has 0 aliphatic heterocycles. The number of amides is 1. The summed E-state index contributed by atoms with van der Waals surface area (Å²) >= 11 is 0. The highest BCUT2D eigenvalue weighted by atomic mass is 32.2. The molecule has 0 bridgehead atoms. The summed E-state index contributed by atoms with van der Waals surface area (Å²) in [5.74, 6) is 0.766. The highest BCUT2D eigenvalue weighted by Gasteiger charge is 2.33. The van der Waals surface area contributed by atoms with Crippen LogP contribution in [0.3, 0.4) is 0 Å². The second-order valence-corrected chi connectivity index (χ2v) is 11.0. The van der Waals surface area contributed by atoms with E-state index in [4.69, 9.17) is 4.74 Å². The molecule has 6 nitrogen and oxygen atoms in total. The smallest absolute Gasteiger partial charge is 0.244 e. The summed E-state index contributed by atoms with van der Waals surface area (Å²) in [6.45, 7) is 13.7. The van der Waals surface area contributed by atoms with Gasteiger partial charge in [0.05, 0.1) is 25.1 Å². The van der Waals surface area contributed by atoms with E-state index in [0.29, 0.717) is 12.1 Å². The molecule has 2 atom stereocenters. The van der Waals surface area contributed by atoms with Crippen LogP contribution in [0.15, 0.2) is 30.3 Å². The van der Waals surface area contributed by atoms with Crippen molar-refractivity contribution in [1.82, 2.24) is 5.32 Å². The van der Waals surface area contributed by atoms with Gasteiger partial charge in [0, 0.05) is 0 Å². The average molecular weight is 475 g/mol. The van der Waals surface area contributed by atoms with E-state index in [1.165, 1.54) is 4.31 Å². The van der Waals surface area contributed by atoms with Crippen molar-refractivity contribution in [3.05, 3.63) is 58.1 Å². The van der Waals surface area contributed by atoms with Gasteiger partial charge in [0.15, 0.2) is 0 Å². The van der Waals surface area contributed by atoms with E-state index >= 15 is 0 Å². The Morgan fingerprint density at radius 3 is 2.18 bits per heavy atom. The summed E-state index contributed by atoms with van der Waals surface area (Å²) in [7, 11) is -2.04. The van der Waals surface area contributed by atoms with Gasteiger partial charge in [-0.2, -0.15) is 0 Å². The average Bonchev–Trinajstić information content (AvgIpc) is 2.72. The molecule has 2 aromatic rings. The summed E-state index contributed by atoms with van der Waals surface area (Å²) < 4.78 is 32.5. The predicted molar refractivity (Wildman–Crippen MR) is 136 cm³/mol. The Kier molecular flexibility index (Phi) is 8.57. The fraction of sp³-hybridized carbons (Fsp3) is 0.500. The van der Waals surface area contributed by atoms with Crippen molar-refractivity contribution in [3.8, 4) is 5.75 Å². The number of nitrogens with one attached hydrogen (secondary N) is 1. The van der Waals surface area contributed by atoms with Crippen molar-refractivity contribution in [1.29, 1.82) is 0 Å². The van der Waals surface area contributed by atoms with E-state index in [1.807, 2.05) is 58.9 Å². The lowest BCUT2D eigenvalue weighted by Crippen LogP contribution is -2.50. The zero-order chi connectivity index (χ0) is 25.1. The monoisotopic (exact) mass is 474 g/mol. The third kappa shape index (κ3) is 6.08. The molecule has 0 unspecified atom stereocenters. The number of anilines is 1. The third-order valence-corrected chi connectivity index (χ3v) is 7.16. The number of hydrogen-bond donors (Lipinski definition) is 1. The van der Waals surface area contributed by atoms with Crippen molar-refractivity contribution < 1.29 is 17.9 Å². The van der Waals surface area contributed by atoms with Crippen LogP contribution in [0.2, 0.25) is 0 Å². The number of aryl methyl sites for hydroxylation is 3. The van der Waals surface area contributed by atoms with Crippen LogP contribution in [0.1, 0.15) is 73.9 Å². The molecule has 1 N–H and O–H groups in total. The van der Waals surface area contributed by atoms with Crippen LogP contribution < -0.4 is 14.4 Å². The molecule has 1 amide bonds. The summed E-state index contributed by atoms with van der Waals surface area (Å²) in [4.78, 5) is 13.4. The van der Waals surface area contributed by atoms with E-state index < -0.39 is 16.1 Å². The molecule has 0 spiro atoms. The lowest BCUT2D eigenvalue weighted by atomic mass is 9.93. The van der Waals surface area contributed by atoms with Crippen molar-refractivity contribution in [2.75, 3.05) is 17.7 Å². The number of hydrogen-bond acceptors (Lipinski definition) is 4. The molecule has 2 aromatic carbocycles. The van der Waals surface area contributed by atoms with Gasteiger partial charge in [-0.15, -0.1) is 0 Å². The summed E-state index contributed by atoms with van der Waals surface area (Å²) in [5, 5.41) is 3.06. The van der Waals surface area contributed by atoms with Crippen LogP contribution in [0, 0.1) is 20.8 Å². The van der Waals surface area contributed by atoms with Gasteiger partial charge in [-0.3, -0.25) is 9.10 Å². The van der Waals surface area contributed by atoms with Crippen molar-refractivity contribution in [2.45, 2.75) is 72.9 Å². The van der Waals surface area contributed by atoms with Gasteiger partial charge in [-0.25, -0.2) is 8.42 Å². The maximum Gasteiger partial charge on any atom is 0.244 e. The summed E-state index contributed by atoms with van der Waals surface area (Å²) in [5.41, 5.74) is 5.34. The zero-order valence-corrected chi connectivity index (χ0v) is 22.1. The summed E-state index contributed by atoms with van der Waals surface area (Å²) in [6, 6.07) is 8.54. The molecule has 0 aromatic heterocycles. The van der Waals surface area contributed by atoms with E-state index in [9.17, 15) is 13.2 Å². The molecule has 0 aliphatic rings. The van der Waals surface area contributed by atoms with Crippen LogP contribution in [-0.2, 0) is 14.8 Å². The quantitative estimate of drug-likeness (QED) is 0.544. The second kappa shape index (κ2) is 10.6. The highest BCUT2D eigenvalue weighted by Crippen LogP contribution is 2.33. The first-order valence-electron chi connectivity index (χ1n) is 11.4. The molecule has 33 heavy (non-hydrogen) atoms. The third-order valence-electron chi connectivity index (χ3n) is 6.00. The Balaban J connectivity index is 2.44. The first-order chi connectivity index (χ1) is 15.3. The Bertz CT molecular complexity index is 1110. The molecule has 0 saturated heterocycles. The Morgan fingerprint density at radius 2 is 1.67 bits per heavy atom. The standard InChI is InChI=1S/C26H38N2O4S/c1-10-23(28(33(9,30)31)24-13-17(4)11-12-18(24)5)26(29)27-20(7)22-15-21(16(2)3)25(32-8)14-19(22)6/h11-16,20,23H,10H2,1-9H3,(H,27,29)/t20-,23+/m0/s1. The maximum absolute atomic E-state index is 13.4. The molecule has 2 rings (SSSR count). The molecular formula is C26H38N2O4S. The molecule has 182 valence electrons. The number of nitrogens with zero attached hydrogens (tertiary/aromatic N) is 1. The van der Waals surface area contributed by atoms with Crippen molar-refractivity contribution in [2.24, 2.45) is 0 Å². The number of rotatable bonds is 9. The molecule has 0 radical (unpaired) electrons. The van der Waals surface area contributed by atoms with Gasteiger partial charge in [0.2, 0.25) is 15.9 Å². The van der Waals surface area contributed by atoms with Crippen LogP contribution >= 0.6 is 0 Å². The largest absolute Gasteiger partial charge is 0.496 e. The predicted octanol–water partition coefficient (Wildman–Crippen LogP) is 5.17. The Labute approximate surface area is 199 Å². The van der Waals surface area contributed by atoms with Crippen molar-refractivity contribution in [3.63, 3.8) is 0 Å². The first kappa shape index (κ1) is 26.7. The number of carbonyl (C=O) groups excluding carboxylic acids is 1. The second-order valence-electron chi connectivity index (χ2n) is 9.11. The molecule has 0 fully saturated rings. The van der Waals surface area contributed by atoms with Gasteiger partial charge in [0.1, 0.15) is 11.8 Å². The maximum atomic E-state index is 13.4. The Hall–Kier alpha value is -2.54. The topological polar surface area (TPSA) is 75.7 Å². The van der Waals surface area contributed by atoms with Gasteiger partial charge in [-0.1, -0.05) is 32.9 Å². The number of ether oxygens (including phenoxy) is 1. The zero-order valence-electron chi connectivity index (χ0n) is 21.3.